The Bertz CT molecular complexity index is 2150. The fourth-order valence-electron chi connectivity index (χ4n) is 6.20. The molecule has 7 nitrogen and oxygen atoms in total. The molecular weight excluding hydrogens is 688 g/mol. The minimum Gasteiger partial charge on any atom is -0.493 e. The van der Waals surface area contributed by atoms with Gasteiger partial charge in [0, 0.05) is 40.4 Å². The number of ether oxygens (including phenoxy) is 1. The maximum absolute atomic E-state index is 13.3. The number of carbonyl (C=O) groups is 1. The molecule has 2 N–H and O–H groups in total. The minimum absolute atomic E-state index is 0.0888. The lowest BCUT2D eigenvalue weighted by Crippen LogP contribution is -2.28. The molecule has 0 atom stereocenters. The molecule has 0 fully saturated rings. The van der Waals surface area contributed by atoms with E-state index in [-0.39, 0.29) is 23.2 Å². The van der Waals surface area contributed by atoms with Crippen LogP contribution in [0.15, 0.2) is 132 Å². The molecule has 0 saturated carbocycles. The molecule has 0 amide bonds. The van der Waals surface area contributed by atoms with Crippen LogP contribution in [0.4, 0.5) is 0 Å². The molecule has 50 heavy (non-hydrogen) atoms. The van der Waals surface area contributed by atoms with Crippen molar-refractivity contribution in [1.29, 1.82) is 0 Å². The average Bonchev–Trinajstić information content (AvgIpc) is 3.40. The number of hydrogen-bond acceptors (Lipinski definition) is 5. The first kappa shape index (κ1) is 35.3. The van der Waals surface area contributed by atoms with Gasteiger partial charge in [0.15, 0.2) is 0 Å². The van der Waals surface area contributed by atoms with Gasteiger partial charge in [0.2, 0.25) is 10.0 Å². The second-order valence-electron chi connectivity index (χ2n) is 11.9. The molecule has 0 aliphatic heterocycles. The zero-order valence-electron chi connectivity index (χ0n) is 27.5. The van der Waals surface area contributed by atoms with Crippen LogP contribution in [0.2, 0.25) is 5.02 Å². The van der Waals surface area contributed by atoms with Gasteiger partial charge in [0.1, 0.15) is 10.8 Å². The van der Waals surface area contributed by atoms with Crippen LogP contribution < -0.4 is 9.46 Å². The van der Waals surface area contributed by atoms with Crippen LogP contribution >= 0.6 is 23.4 Å². The Morgan fingerprint density at radius 1 is 0.860 bits per heavy atom. The summed E-state index contributed by atoms with van der Waals surface area (Å²) in [7, 11) is -3.60. The zero-order valence-corrected chi connectivity index (χ0v) is 29.8. The summed E-state index contributed by atoms with van der Waals surface area (Å²) in [5.41, 5.74) is 6.31. The van der Waals surface area contributed by atoms with Gasteiger partial charge in [-0.15, -0.1) is 11.8 Å². The largest absolute Gasteiger partial charge is 0.493 e. The predicted octanol–water partition coefficient (Wildman–Crippen LogP) is 8.77. The molecule has 0 aliphatic carbocycles. The Labute approximate surface area is 301 Å². The molecule has 10 heteroatoms. The van der Waals surface area contributed by atoms with E-state index >= 15 is 0 Å². The Balaban J connectivity index is 1.37. The number of halogens is 1. The Hall–Kier alpha value is -4.54. The molecule has 0 radical (unpaired) electrons. The highest BCUT2D eigenvalue weighted by Gasteiger charge is 2.26. The summed E-state index contributed by atoms with van der Waals surface area (Å²) in [6, 6.07) is 40.2. The maximum Gasteiger partial charge on any atom is 0.335 e. The normalized spacial score (nSPS) is 11.7. The monoisotopic (exact) mass is 724 g/mol. The van der Waals surface area contributed by atoms with Crippen LogP contribution in [0.1, 0.15) is 44.3 Å². The van der Waals surface area contributed by atoms with E-state index in [1.807, 2.05) is 85.8 Å². The van der Waals surface area contributed by atoms with E-state index in [4.69, 9.17) is 16.3 Å². The van der Waals surface area contributed by atoms with Gasteiger partial charge in [-0.3, -0.25) is 0 Å². The molecule has 6 aromatic rings. The van der Waals surface area contributed by atoms with E-state index in [1.54, 1.807) is 12.1 Å². The molecule has 0 unspecified atom stereocenters. The molecule has 0 aliphatic rings. The SMILES string of the molecule is Cc1ccccc1SCS(=O)(=O)NCCc1c(CCOc2ccc(C(=O)O)cc2)c2ccc(Cl)cc2n1C(c1ccccc1)c1ccccc1. The van der Waals surface area contributed by atoms with Gasteiger partial charge < -0.3 is 14.4 Å². The first-order valence-electron chi connectivity index (χ1n) is 16.2. The van der Waals surface area contributed by atoms with Crippen LogP contribution in [0, 0.1) is 6.92 Å². The van der Waals surface area contributed by atoms with Crippen LogP contribution in [0.5, 0.6) is 5.75 Å². The Morgan fingerprint density at radius 3 is 2.14 bits per heavy atom. The zero-order chi connectivity index (χ0) is 35.1. The molecule has 1 aromatic heterocycles. The van der Waals surface area contributed by atoms with Crippen molar-refractivity contribution in [1.82, 2.24) is 9.29 Å². The van der Waals surface area contributed by atoms with Crippen molar-refractivity contribution in [3.8, 4) is 5.75 Å². The summed E-state index contributed by atoms with van der Waals surface area (Å²) in [6.07, 6.45) is 0.937. The fourth-order valence-corrected chi connectivity index (χ4v) is 8.71. The van der Waals surface area contributed by atoms with Crippen molar-refractivity contribution in [2.75, 3.05) is 18.2 Å². The minimum atomic E-state index is -3.60. The van der Waals surface area contributed by atoms with Crippen molar-refractivity contribution in [2.24, 2.45) is 0 Å². The molecule has 5 aromatic carbocycles. The number of fused-ring (bicyclic) bond motifs is 1. The number of benzene rings is 5. The van der Waals surface area contributed by atoms with Crippen molar-refractivity contribution < 1.29 is 23.1 Å². The van der Waals surface area contributed by atoms with Gasteiger partial charge in [0.25, 0.3) is 0 Å². The number of aromatic carboxylic acids is 1. The lowest BCUT2D eigenvalue weighted by Gasteiger charge is -2.25. The lowest BCUT2D eigenvalue weighted by atomic mass is 9.97. The summed E-state index contributed by atoms with van der Waals surface area (Å²) in [5, 5.41) is 10.8. The molecular formula is C40H37ClN2O5S2. The van der Waals surface area contributed by atoms with Crippen LogP contribution in [0.25, 0.3) is 10.9 Å². The van der Waals surface area contributed by atoms with E-state index in [0.29, 0.717) is 30.2 Å². The molecule has 0 spiro atoms. The lowest BCUT2D eigenvalue weighted by molar-refractivity contribution is 0.0697. The van der Waals surface area contributed by atoms with Gasteiger partial charge in [-0.1, -0.05) is 96.5 Å². The van der Waals surface area contributed by atoms with Gasteiger partial charge in [0.05, 0.1) is 23.7 Å². The van der Waals surface area contributed by atoms with Gasteiger partial charge in [-0.05, 0) is 71.6 Å². The maximum atomic E-state index is 13.3. The van der Waals surface area contributed by atoms with E-state index < -0.39 is 16.0 Å². The van der Waals surface area contributed by atoms with Crippen molar-refractivity contribution in [2.45, 2.75) is 30.7 Å². The number of sulfonamides is 1. The van der Waals surface area contributed by atoms with Crippen LogP contribution in [0.3, 0.4) is 0 Å². The number of nitrogens with zero attached hydrogens (tertiary/aromatic N) is 1. The number of carboxylic acids is 1. The van der Waals surface area contributed by atoms with Crippen LogP contribution in [-0.4, -0.2) is 42.3 Å². The number of aryl methyl sites for hydroxylation is 1. The van der Waals surface area contributed by atoms with E-state index in [0.717, 1.165) is 43.7 Å². The second-order valence-corrected chi connectivity index (χ2v) is 15.5. The van der Waals surface area contributed by atoms with Crippen molar-refractivity contribution >= 4 is 50.3 Å². The Kier molecular flexibility index (Phi) is 11.3. The topological polar surface area (TPSA) is 97.6 Å². The molecule has 0 bridgehead atoms. The molecule has 6 rings (SSSR count). The van der Waals surface area contributed by atoms with Crippen molar-refractivity contribution in [3.63, 3.8) is 0 Å². The summed E-state index contributed by atoms with van der Waals surface area (Å²) < 4.78 is 37.8. The number of carboxylic acid groups (broad SMARTS) is 1. The third-order valence-corrected chi connectivity index (χ3v) is 11.9. The average molecular weight is 725 g/mol. The molecule has 0 saturated heterocycles. The summed E-state index contributed by atoms with van der Waals surface area (Å²) >= 11 is 7.96. The molecule has 256 valence electrons. The summed E-state index contributed by atoms with van der Waals surface area (Å²) in [4.78, 5) is 12.3. The quantitative estimate of drug-likeness (QED) is 0.103. The number of aromatic nitrogens is 1. The van der Waals surface area contributed by atoms with Crippen LogP contribution in [-0.2, 0) is 22.9 Å². The van der Waals surface area contributed by atoms with Gasteiger partial charge >= 0.3 is 5.97 Å². The Morgan fingerprint density at radius 2 is 1.50 bits per heavy atom. The third kappa shape index (κ3) is 8.42. The smallest absolute Gasteiger partial charge is 0.335 e. The highest BCUT2D eigenvalue weighted by Crippen LogP contribution is 2.38. The third-order valence-electron chi connectivity index (χ3n) is 8.54. The number of hydrogen-bond donors (Lipinski definition) is 2. The number of rotatable bonds is 15. The molecule has 1 heterocycles. The number of nitrogens with one attached hydrogen (secondary N) is 1. The van der Waals surface area contributed by atoms with E-state index in [9.17, 15) is 18.3 Å². The second kappa shape index (κ2) is 16.0. The summed E-state index contributed by atoms with van der Waals surface area (Å²) in [6.45, 7) is 2.49. The highest BCUT2D eigenvalue weighted by atomic mass is 35.5. The first-order valence-corrected chi connectivity index (χ1v) is 19.2. The highest BCUT2D eigenvalue weighted by molar-refractivity contribution is 8.11. The predicted molar refractivity (Wildman–Crippen MR) is 202 cm³/mol. The van der Waals surface area contributed by atoms with Gasteiger partial charge in [-0.2, -0.15) is 0 Å². The number of thioether (sulfide) groups is 1. The van der Waals surface area contributed by atoms with E-state index in [1.165, 1.54) is 23.9 Å². The van der Waals surface area contributed by atoms with Crippen molar-refractivity contribution in [3.05, 3.63) is 166 Å². The standard InChI is InChI=1S/C40H37ClN2O5S2/c1-28-10-8-9-15-38(28)49-27-50(46,47)42-24-22-36-35(23-25-48-33-19-16-31(17-20-33)40(44)45)34-21-18-32(41)26-37(34)43(36)39(29-11-4-2-5-12-29)30-13-6-3-7-14-30/h2-21,26,39,42H,22-25,27H2,1H3,(H,44,45). The fraction of sp³-hybridized carbons (Fsp3) is 0.175. The van der Waals surface area contributed by atoms with Gasteiger partial charge in [-0.25, -0.2) is 17.9 Å². The first-order chi connectivity index (χ1) is 24.2. The van der Waals surface area contributed by atoms with E-state index in [2.05, 4.69) is 33.6 Å². The summed E-state index contributed by atoms with van der Waals surface area (Å²) in [5.74, 6) is -0.433.